The van der Waals surface area contributed by atoms with Crippen molar-refractivity contribution >= 4 is 11.6 Å². The Morgan fingerprint density at radius 3 is 2.74 bits per heavy atom. The van der Waals surface area contributed by atoms with Gasteiger partial charge in [0.25, 0.3) is 5.91 Å². The molecule has 0 fully saturated rings. The van der Waals surface area contributed by atoms with E-state index in [4.69, 9.17) is 4.52 Å². The third kappa shape index (κ3) is 4.12. The Balaban J connectivity index is 1.95. The van der Waals surface area contributed by atoms with Crippen molar-refractivity contribution in [1.29, 1.82) is 0 Å². The van der Waals surface area contributed by atoms with Gasteiger partial charge in [-0.25, -0.2) is 0 Å². The Kier molecular flexibility index (Phi) is 5.79. The van der Waals surface area contributed by atoms with Crippen molar-refractivity contribution in [1.82, 2.24) is 10.5 Å². The normalized spacial score (nSPS) is 10.6. The lowest BCUT2D eigenvalue weighted by Crippen LogP contribution is -2.35. The standard InChI is InChI=1S/C18H25N3O2/c1-5-16-17(14(4)23-20-16)18(22)19-10-11-21(6-2)15-9-7-8-13(3)12-15/h7-9,12H,5-6,10-11H2,1-4H3,(H,19,22). The number of nitrogens with zero attached hydrogens (tertiary/aromatic N) is 2. The van der Waals surface area contributed by atoms with Crippen LogP contribution in [0.1, 0.15) is 41.2 Å². The quantitative estimate of drug-likeness (QED) is 0.853. The highest BCUT2D eigenvalue weighted by atomic mass is 16.5. The van der Waals surface area contributed by atoms with E-state index in [1.54, 1.807) is 6.92 Å². The number of carbonyl (C=O) groups excluding carboxylic acids is 1. The van der Waals surface area contributed by atoms with Crippen molar-refractivity contribution in [2.24, 2.45) is 0 Å². The van der Waals surface area contributed by atoms with Gasteiger partial charge in [-0.05, 0) is 44.9 Å². The Labute approximate surface area is 137 Å². The lowest BCUT2D eigenvalue weighted by atomic mass is 10.1. The topological polar surface area (TPSA) is 58.4 Å². The van der Waals surface area contributed by atoms with E-state index in [0.29, 0.717) is 30.0 Å². The Morgan fingerprint density at radius 1 is 1.30 bits per heavy atom. The maximum Gasteiger partial charge on any atom is 0.256 e. The summed E-state index contributed by atoms with van der Waals surface area (Å²) in [4.78, 5) is 14.6. The summed E-state index contributed by atoms with van der Waals surface area (Å²) < 4.78 is 5.12. The molecule has 1 amide bonds. The number of benzene rings is 1. The van der Waals surface area contributed by atoms with E-state index < -0.39 is 0 Å². The van der Waals surface area contributed by atoms with Gasteiger partial charge in [0.1, 0.15) is 11.3 Å². The second-order valence-electron chi connectivity index (χ2n) is 5.59. The van der Waals surface area contributed by atoms with Crippen molar-refractivity contribution in [3.05, 3.63) is 46.8 Å². The fourth-order valence-electron chi connectivity index (χ4n) is 2.64. The minimum Gasteiger partial charge on any atom is -0.370 e. The van der Waals surface area contributed by atoms with E-state index in [0.717, 1.165) is 13.1 Å². The molecule has 0 unspecified atom stereocenters. The van der Waals surface area contributed by atoms with Crippen LogP contribution >= 0.6 is 0 Å². The zero-order valence-corrected chi connectivity index (χ0v) is 14.3. The largest absolute Gasteiger partial charge is 0.370 e. The summed E-state index contributed by atoms with van der Waals surface area (Å²) in [6.45, 7) is 10.2. The third-order valence-electron chi connectivity index (χ3n) is 3.91. The number of hydrogen-bond acceptors (Lipinski definition) is 4. The van der Waals surface area contributed by atoms with Crippen LogP contribution in [0.25, 0.3) is 0 Å². The van der Waals surface area contributed by atoms with Gasteiger partial charge in [-0.15, -0.1) is 0 Å². The summed E-state index contributed by atoms with van der Waals surface area (Å²) >= 11 is 0. The van der Waals surface area contributed by atoms with Gasteiger partial charge < -0.3 is 14.7 Å². The molecule has 0 aliphatic carbocycles. The number of likely N-dealkylation sites (N-methyl/N-ethyl adjacent to an activating group) is 1. The summed E-state index contributed by atoms with van der Waals surface area (Å²) in [5.41, 5.74) is 3.70. The van der Waals surface area contributed by atoms with Crippen LogP contribution in [-0.4, -0.2) is 30.7 Å². The predicted octanol–water partition coefficient (Wildman–Crippen LogP) is 3.11. The van der Waals surface area contributed by atoms with Gasteiger partial charge in [-0.1, -0.05) is 24.2 Å². The van der Waals surface area contributed by atoms with Gasteiger partial charge in [0.05, 0.1) is 5.69 Å². The first kappa shape index (κ1) is 17.1. The molecule has 5 heteroatoms. The first-order chi connectivity index (χ1) is 11.1. The maximum atomic E-state index is 12.3. The fourth-order valence-corrected chi connectivity index (χ4v) is 2.64. The number of rotatable bonds is 7. The van der Waals surface area contributed by atoms with E-state index in [9.17, 15) is 4.79 Å². The molecule has 0 radical (unpaired) electrons. The summed E-state index contributed by atoms with van der Waals surface area (Å²) in [6.07, 6.45) is 0.685. The van der Waals surface area contributed by atoms with Crippen molar-refractivity contribution in [2.75, 3.05) is 24.5 Å². The zero-order chi connectivity index (χ0) is 16.8. The predicted molar refractivity (Wildman–Crippen MR) is 92.0 cm³/mol. The Hall–Kier alpha value is -2.30. The summed E-state index contributed by atoms with van der Waals surface area (Å²) in [5.74, 6) is 0.464. The molecule has 0 aliphatic heterocycles. The first-order valence-corrected chi connectivity index (χ1v) is 8.11. The molecule has 0 aliphatic rings. The molecule has 0 saturated heterocycles. The molecule has 0 spiro atoms. The molecule has 1 aromatic carbocycles. The lowest BCUT2D eigenvalue weighted by molar-refractivity contribution is 0.0952. The van der Waals surface area contributed by atoms with Crippen LogP contribution in [0.2, 0.25) is 0 Å². The molecule has 0 atom stereocenters. The zero-order valence-electron chi connectivity index (χ0n) is 14.3. The second kappa shape index (κ2) is 7.81. The molecule has 1 heterocycles. The van der Waals surface area contributed by atoms with Gasteiger partial charge in [-0.3, -0.25) is 4.79 Å². The van der Waals surface area contributed by atoms with Gasteiger partial charge >= 0.3 is 0 Å². The van der Waals surface area contributed by atoms with Crippen LogP contribution in [0.3, 0.4) is 0 Å². The highest BCUT2D eigenvalue weighted by Crippen LogP contribution is 2.16. The van der Waals surface area contributed by atoms with Gasteiger partial charge in [0, 0.05) is 25.3 Å². The van der Waals surface area contributed by atoms with E-state index in [1.165, 1.54) is 11.3 Å². The molecule has 1 N–H and O–H groups in total. The van der Waals surface area contributed by atoms with Crippen molar-refractivity contribution < 1.29 is 9.32 Å². The second-order valence-corrected chi connectivity index (χ2v) is 5.59. The van der Waals surface area contributed by atoms with Gasteiger partial charge in [0.2, 0.25) is 0 Å². The minimum absolute atomic E-state index is 0.110. The van der Waals surface area contributed by atoms with Crippen LogP contribution in [-0.2, 0) is 6.42 Å². The molecule has 1 aromatic heterocycles. The molecular weight excluding hydrogens is 290 g/mol. The number of carbonyl (C=O) groups is 1. The number of aromatic nitrogens is 1. The minimum atomic E-state index is -0.110. The molecular formula is C18H25N3O2. The Morgan fingerprint density at radius 2 is 2.09 bits per heavy atom. The summed E-state index contributed by atoms with van der Waals surface area (Å²) in [5, 5.41) is 6.89. The molecule has 124 valence electrons. The van der Waals surface area contributed by atoms with Gasteiger partial charge in [0.15, 0.2) is 0 Å². The average Bonchev–Trinajstić information content (AvgIpc) is 2.92. The summed E-state index contributed by atoms with van der Waals surface area (Å²) in [6, 6.07) is 8.39. The average molecular weight is 315 g/mol. The number of nitrogens with one attached hydrogen (secondary N) is 1. The highest BCUT2D eigenvalue weighted by molar-refractivity contribution is 5.96. The Bertz CT molecular complexity index is 664. The maximum absolute atomic E-state index is 12.3. The fraction of sp³-hybridized carbons (Fsp3) is 0.444. The van der Waals surface area contributed by atoms with Crippen LogP contribution in [0, 0.1) is 13.8 Å². The molecule has 5 nitrogen and oxygen atoms in total. The summed E-state index contributed by atoms with van der Waals surface area (Å²) in [7, 11) is 0. The number of amides is 1. The molecule has 0 bridgehead atoms. The van der Waals surface area contributed by atoms with Crippen LogP contribution in [0.15, 0.2) is 28.8 Å². The highest BCUT2D eigenvalue weighted by Gasteiger charge is 2.18. The number of aryl methyl sites for hydroxylation is 3. The third-order valence-corrected chi connectivity index (χ3v) is 3.91. The van der Waals surface area contributed by atoms with E-state index in [1.807, 2.05) is 6.92 Å². The number of anilines is 1. The molecule has 0 saturated carbocycles. The van der Waals surface area contributed by atoms with Crippen molar-refractivity contribution in [3.63, 3.8) is 0 Å². The molecule has 2 aromatic rings. The first-order valence-electron chi connectivity index (χ1n) is 8.11. The van der Waals surface area contributed by atoms with E-state index in [2.05, 4.69) is 53.5 Å². The SMILES string of the molecule is CCc1noc(C)c1C(=O)NCCN(CC)c1cccc(C)c1. The monoisotopic (exact) mass is 315 g/mol. The smallest absolute Gasteiger partial charge is 0.256 e. The van der Waals surface area contributed by atoms with E-state index >= 15 is 0 Å². The van der Waals surface area contributed by atoms with Crippen LogP contribution in [0.4, 0.5) is 5.69 Å². The van der Waals surface area contributed by atoms with Crippen molar-refractivity contribution in [2.45, 2.75) is 34.1 Å². The van der Waals surface area contributed by atoms with Crippen LogP contribution in [0.5, 0.6) is 0 Å². The van der Waals surface area contributed by atoms with E-state index in [-0.39, 0.29) is 5.91 Å². The molecule has 2 rings (SSSR count). The van der Waals surface area contributed by atoms with Crippen LogP contribution < -0.4 is 10.2 Å². The molecule has 23 heavy (non-hydrogen) atoms. The van der Waals surface area contributed by atoms with Gasteiger partial charge in [-0.2, -0.15) is 0 Å². The lowest BCUT2D eigenvalue weighted by Gasteiger charge is -2.23. The number of hydrogen-bond donors (Lipinski definition) is 1. The van der Waals surface area contributed by atoms with Crippen molar-refractivity contribution in [3.8, 4) is 0 Å².